The number of alkyl halides is 1. The molecule has 0 aliphatic carbocycles. The lowest BCUT2D eigenvalue weighted by Gasteiger charge is -2.31. The van der Waals surface area contributed by atoms with Crippen molar-refractivity contribution >= 4 is 11.9 Å². The zero-order valence-electron chi connectivity index (χ0n) is 18.6. The monoisotopic (exact) mass is 440 g/mol. The Kier molecular flexibility index (Phi) is 9.48. The highest BCUT2D eigenvalue weighted by atomic mass is 19.1. The number of esters is 1. The second-order valence-electron chi connectivity index (χ2n) is 8.24. The average Bonchev–Trinajstić information content (AvgIpc) is 2.76. The molecule has 1 saturated heterocycles. The highest BCUT2D eigenvalue weighted by Crippen LogP contribution is 2.29. The predicted octanol–water partition coefficient (Wildman–Crippen LogP) is 3.03. The van der Waals surface area contributed by atoms with Gasteiger partial charge in [0.25, 0.3) is 5.91 Å². The number of rotatable bonds is 8. The van der Waals surface area contributed by atoms with Crippen molar-refractivity contribution in [3.63, 3.8) is 0 Å². The number of ether oxygens (including phenoxy) is 3. The van der Waals surface area contributed by atoms with Crippen LogP contribution in [0.25, 0.3) is 0 Å². The maximum atomic E-state index is 13.2. The Morgan fingerprint density at radius 1 is 1.42 bits per heavy atom. The minimum absolute atomic E-state index is 0.0925. The van der Waals surface area contributed by atoms with Crippen molar-refractivity contribution < 1.29 is 33.3 Å². The third-order valence-corrected chi connectivity index (χ3v) is 5.31. The van der Waals surface area contributed by atoms with Crippen molar-refractivity contribution in [2.75, 3.05) is 20.4 Å². The van der Waals surface area contributed by atoms with Crippen molar-refractivity contribution in [2.45, 2.75) is 64.7 Å². The first kappa shape index (κ1) is 24.8. The van der Waals surface area contributed by atoms with Crippen LogP contribution in [-0.2, 0) is 14.3 Å². The molecule has 4 atom stereocenters. The van der Waals surface area contributed by atoms with E-state index in [-0.39, 0.29) is 23.3 Å². The van der Waals surface area contributed by atoms with Crippen LogP contribution in [0, 0.1) is 11.8 Å². The Morgan fingerprint density at radius 2 is 2.16 bits per heavy atom. The van der Waals surface area contributed by atoms with Gasteiger partial charge >= 0.3 is 5.97 Å². The van der Waals surface area contributed by atoms with Gasteiger partial charge in [-0.2, -0.15) is 0 Å². The summed E-state index contributed by atoms with van der Waals surface area (Å²) in [6.07, 6.45) is 2.18. The summed E-state index contributed by atoms with van der Waals surface area (Å²) in [5.41, 5.74) is -0.242. The number of nitrogens with zero attached hydrogens (tertiary/aromatic N) is 1. The summed E-state index contributed by atoms with van der Waals surface area (Å²) < 4.78 is 29.8. The standard InChI is InChI=1S/C22H33FN2O6/c1-13(2)12-30-20-14(3)31-22(28)16(7-5-6-15(20)8-10-23)25-21(27)18-19(26)17(29-4)9-11-24-18/h9,11,13-16,20,26H,5-8,10,12H2,1-4H3,(H,25,27). The van der Waals surface area contributed by atoms with E-state index < -0.39 is 42.6 Å². The van der Waals surface area contributed by atoms with Crippen molar-refractivity contribution in [2.24, 2.45) is 11.8 Å². The number of halogens is 1. The first-order valence-electron chi connectivity index (χ1n) is 10.7. The summed E-state index contributed by atoms with van der Waals surface area (Å²) in [7, 11) is 1.36. The second kappa shape index (κ2) is 11.8. The van der Waals surface area contributed by atoms with Crippen LogP contribution in [0.5, 0.6) is 11.5 Å². The molecule has 0 radical (unpaired) electrons. The number of carbonyl (C=O) groups excluding carboxylic acids is 2. The number of hydrogen-bond acceptors (Lipinski definition) is 7. The van der Waals surface area contributed by atoms with Crippen LogP contribution in [0.1, 0.15) is 56.9 Å². The lowest BCUT2D eigenvalue weighted by molar-refractivity contribution is -0.161. The van der Waals surface area contributed by atoms with E-state index >= 15 is 0 Å². The molecule has 1 aliphatic heterocycles. The largest absolute Gasteiger partial charge is 0.503 e. The number of pyridine rings is 1. The number of aromatic hydroxyl groups is 1. The fourth-order valence-electron chi connectivity index (χ4n) is 3.73. The SMILES string of the molecule is COc1ccnc(C(=O)NC2CCCC(CCF)C(OCC(C)C)C(C)OC2=O)c1O. The number of carbonyl (C=O) groups is 2. The van der Waals surface area contributed by atoms with Gasteiger partial charge in [0.05, 0.1) is 19.9 Å². The normalized spacial score (nSPS) is 24.6. The molecule has 174 valence electrons. The molecule has 2 heterocycles. The molecule has 1 aliphatic rings. The molecular formula is C22H33FN2O6. The van der Waals surface area contributed by atoms with Crippen molar-refractivity contribution in [3.8, 4) is 11.5 Å². The van der Waals surface area contributed by atoms with E-state index in [1.54, 1.807) is 6.92 Å². The van der Waals surface area contributed by atoms with Gasteiger partial charge in [0.1, 0.15) is 12.1 Å². The molecule has 8 nitrogen and oxygen atoms in total. The molecule has 31 heavy (non-hydrogen) atoms. The van der Waals surface area contributed by atoms with Crippen LogP contribution in [-0.4, -0.2) is 60.6 Å². The lowest BCUT2D eigenvalue weighted by Crippen LogP contribution is -2.44. The molecule has 1 amide bonds. The van der Waals surface area contributed by atoms with Crippen molar-refractivity contribution in [3.05, 3.63) is 18.0 Å². The van der Waals surface area contributed by atoms with Gasteiger partial charge in [-0.3, -0.25) is 9.18 Å². The van der Waals surface area contributed by atoms with E-state index in [9.17, 15) is 19.1 Å². The van der Waals surface area contributed by atoms with Gasteiger partial charge < -0.3 is 24.6 Å². The Balaban J connectivity index is 2.15. The van der Waals surface area contributed by atoms with Gasteiger partial charge in [-0.25, -0.2) is 9.78 Å². The Bertz CT molecular complexity index is 745. The number of methoxy groups -OCH3 is 1. The number of hydrogen-bond donors (Lipinski definition) is 2. The maximum Gasteiger partial charge on any atom is 0.329 e. The molecule has 2 N–H and O–H groups in total. The molecule has 0 bridgehead atoms. The van der Waals surface area contributed by atoms with E-state index in [4.69, 9.17) is 14.2 Å². The number of cyclic esters (lactones) is 1. The van der Waals surface area contributed by atoms with Crippen LogP contribution in [0.4, 0.5) is 4.39 Å². The molecule has 1 aromatic heterocycles. The van der Waals surface area contributed by atoms with Crippen LogP contribution < -0.4 is 10.1 Å². The Hall–Kier alpha value is -2.42. The quantitative estimate of drug-likeness (QED) is 0.599. The van der Waals surface area contributed by atoms with Gasteiger partial charge in [-0.1, -0.05) is 20.3 Å². The zero-order chi connectivity index (χ0) is 23.0. The van der Waals surface area contributed by atoms with Gasteiger partial charge in [-0.05, 0) is 38.0 Å². The lowest BCUT2D eigenvalue weighted by atomic mass is 9.90. The number of amides is 1. The Morgan fingerprint density at radius 3 is 2.81 bits per heavy atom. The van der Waals surface area contributed by atoms with Gasteiger partial charge in [-0.15, -0.1) is 0 Å². The van der Waals surface area contributed by atoms with Crippen molar-refractivity contribution in [1.82, 2.24) is 10.3 Å². The zero-order valence-corrected chi connectivity index (χ0v) is 18.6. The van der Waals surface area contributed by atoms with Crippen LogP contribution in [0.2, 0.25) is 0 Å². The number of nitrogens with one attached hydrogen (secondary N) is 1. The molecular weight excluding hydrogens is 407 g/mol. The summed E-state index contributed by atoms with van der Waals surface area (Å²) in [6, 6.07) is 0.502. The van der Waals surface area contributed by atoms with E-state index in [0.717, 1.165) is 0 Å². The third kappa shape index (κ3) is 6.78. The van der Waals surface area contributed by atoms with E-state index in [1.807, 2.05) is 13.8 Å². The summed E-state index contributed by atoms with van der Waals surface area (Å²) in [4.78, 5) is 29.3. The molecule has 0 spiro atoms. The topological polar surface area (TPSA) is 107 Å². The smallest absolute Gasteiger partial charge is 0.329 e. The first-order valence-corrected chi connectivity index (χ1v) is 10.7. The predicted molar refractivity (Wildman–Crippen MR) is 112 cm³/mol. The van der Waals surface area contributed by atoms with Crippen LogP contribution in [0.3, 0.4) is 0 Å². The highest BCUT2D eigenvalue weighted by molar-refractivity contribution is 5.97. The second-order valence-corrected chi connectivity index (χ2v) is 8.24. The summed E-state index contributed by atoms with van der Waals surface area (Å²) in [6.45, 7) is 5.77. The fraction of sp³-hybridized carbons (Fsp3) is 0.682. The van der Waals surface area contributed by atoms with Gasteiger partial charge in [0, 0.05) is 18.9 Å². The van der Waals surface area contributed by atoms with E-state index in [1.165, 1.54) is 19.4 Å². The van der Waals surface area contributed by atoms with Crippen LogP contribution >= 0.6 is 0 Å². The fourth-order valence-corrected chi connectivity index (χ4v) is 3.73. The highest BCUT2D eigenvalue weighted by Gasteiger charge is 2.35. The molecule has 9 heteroatoms. The maximum absolute atomic E-state index is 13.2. The van der Waals surface area contributed by atoms with Gasteiger partial charge in [0.15, 0.2) is 17.2 Å². The summed E-state index contributed by atoms with van der Waals surface area (Å²) in [5, 5.41) is 12.8. The molecule has 0 aromatic carbocycles. The van der Waals surface area contributed by atoms with Crippen molar-refractivity contribution in [1.29, 1.82) is 0 Å². The summed E-state index contributed by atoms with van der Waals surface area (Å²) in [5.74, 6) is -1.41. The molecule has 1 fully saturated rings. The molecule has 2 rings (SSSR count). The minimum Gasteiger partial charge on any atom is -0.503 e. The van der Waals surface area contributed by atoms with Gasteiger partial charge in [0.2, 0.25) is 0 Å². The summed E-state index contributed by atoms with van der Waals surface area (Å²) >= 11 is 0. The Labute approximate surface area is 182 Å². The molecule has 1 aromatic rings. The molecule has 0 saturated carbocycles. The first-order chi connectivity index (χ1) is 14.8. The van der Waals surface area contributed by atoms with Crippen LogP contribution in [0.15, 0.2) is 12.3 Å². The average molecular weight is 441 g/mol. The third-order valence-electron chi connectivity index (χ3n) is 5.31. The minimum atomic E-state index is -0.919. The number of aromatic nitrogens is 1. The van der Waals surface area contributed by atoms with E-state index in [2.05, 4.69) is 10.3 Å². The van der Waals surface area contributed by atoms with E-state index in [0.29, 0.717) is 32.3 Å². The molecule has 4 unspecified atom stereocenters.